The maximum atomic E-state index is 11.3. The van der Waals surface area contributed by atoms with Gasteiger partial charge in [-0.15, -0.1) is 5.10 Å². The number of aliphatic carboxylic acids is 1. The van der Waals surface area contributed by atoms with E-state index in [9.17, 15) is 9.59 Å². The number of Topliss-reactive ketones (excluding diaryl/α,β-unsaturated/α-hetero) is 1. The van der Waals surface area contributed by atoms with E-state index >= 15 is 0 Å². The van der Waals surface area contributed by atoms with E-state index in [1.54, 1.807) is 30.3 Å². The fraction of sp³-hybridized carbons (Fsp3) is 0. The number of carboxylic acid groups (broad SMARTS) is 1. The number of rotatable bonds is 3. The number of ketones is 1. The van der Waals surface area contributed by atoms with E-state index in [0.29, 0.717) is 5.69 Å². The molecular formula is C10H7N3O3. The van der Waals surface area contributed by atoms with Crippen LogP contribution in [-0.4, -0.2) is 31.9 Å². The number of hydrogen-bond donors (Lipinski definition) is 1. The molecule has 1 aromatic carbocycles. The van der Waals surface area contributed by atoms with Gasteiger partial charge in [0.25, 0.3) is 5.78 Å². The van der Waals surface area contributed by atoms with Crippen LogP contribution in [0.4, 0.5) is 0 Å². The van der Waals surface area contributed by atoms with Crippen LogP contribution in [0.15, 0.2) is 36.5 Å². The molecule has 6 heteroatoms. The summed E-state index contributed by atoms with van der Waals surface area (Å²) in [4.78, 5) is 21.9. The van der Waals surface area contributed by atoms with Crippen molar-refractivity contribution in [1.29, 1.82) is 0 Å². The molecule has 0 aliphatic heterocycles. The summed E-state index contributed by atoms with van der Waals surface area (Å²) >= 11 is 0. The highest BCUT2D eigenvalue weighted by molar-refractivity contribution is 6.39. The van der Waals surface area contributed by atoms with Crippen molar-refractivity contribution in [1.82, 2.24) is 15.0 Å². The molecular weight excluding hydrogens is 210 g/mol. The number of nitrogens with zero attached hydrogens (tertiary/aromatic N) is 3. The molecule has 0 radical (unpaired) electrons. The summed E-state index contributed by atoms with van der Waals surface area (Å²) in [6.07, 6.45) is 1.13. The fourth-order valence-electron chi connectivity index (χ4n) is 1.26. The smallest absolute Gasteiger partial charge is 0.378 e. The molecule has 6 nitrogen and oxygen atoms in total. The van der Waals surface area contributed by atoms with Crippen molar-refractivity contribution in [3.8, 4) is 5.69 Å². The molecule has 16 heavy (non-hydrogen) atoms. The summed E-state index contributed by atoms with van der Waals surface area (Å²) in [5, 5.41) is 15.8. The zero-order valence-electron chi connectivity index (χ0n) is 8.07. The number of para-hydroxylation sites is 1. The van der Waals surface area contributed by atoms with E-state index < -0.39 is 11.8 Å². The highest BCUT2D eigenvalue weighted by Gasteiger charge is 2.20. The second-order valence-electron chi connectivity index (χ2n) is 3.00. The molecule has 1 N–H and O–H groups in total. The van der Waals surface area contributed by atoms with E-state index in [1.165, 1.54) is 4.68 Å². The van der Waals surface area contributed by atoms with Crippen LogP contribution in [0, 0.1) is 0 Å². The van der Waals surface area contributed by atoms with Gasteiger partial charge >= 0.3 is 5.97 Å². The highest BCUT2D eigenvalue weighted by Crippen LogP contribution is 2.09. The number of benzene rings is 1. The predicted molar refractivity (Wildman–Crippen MR) is 53.3 cm³/mol. The largest absolute Gasteiger partial charge is 0.475 e. The Kier molecular flexibility index (Phi) is 2.47. The SMILES string of the molecule is O=C(O)C(=O)c1cnnn1-c1ccccc1. The summed E-state index contributed by atoms with van der Waals surface area (Å²) in [7, 11) is 0. The Hall–Kier alpha value is -2.50. The summed E-state index contributed by atoms with van der Waals surface area (Å²) < 4.78 is 1.19. The Morgan fingerprint density at radius 2 is 1.88 bits per heavy atom. The molecule has 1 aromatic heterocycles. The molecule has 0 spiro atoms. The van der Waals surface area contributed by atoms with Crippen LogP contribution in [0.1, 0.15) is 10.5 Å². The second kappa shape index (κ2) is 3.93. The van der Waals surface area contributed by atoms with Gasteiger partial charge in [0.15, 0.2) is 0 Å². The van der Waals surface area contributed by atoms with E-state index in [4.69, 9.17) is 5.11 Å². The van der Waals surface area contributed by atoms with E-state index in [1.807, 2.05) is 0 Å². The van der Waals surface area contributed by atoms with Gasteiger partial charge in [-0.25, -0.2) is 9.48 Å². The van der Waals surface area contributed by atoms with E-state index in [0.717, 1.165) is 6.20 Å². The number of carbonyl (C=O) groups excluding carboxylic acids is 1. The monoisotopic (exact) mass is 217 g/mol. The number of carboxylic acids is 1. The number of hydrogen-bond acceptors (Lipinski definition) is 4. The molecule has 80 valence electrons. The Balaban J connectivity index is 2.48. The maximum Gasteiger partial charge on any atom is 0.378 e. The highest BCUT2D eigenvalue weighted by atomic mass is 16.4. The van der Waals surface area contributed by atoms with Gasteiger partial charge in [-0.1, -0.05) is 23.4 Å². The van der Waals surface area contributed by atoms with Gasteiger partial charge in [0.05, 0.1) is 11.9 Å². The van der Waals surface area contributed by atoms with Crippen molar-refractivity contribution in [3.05, 3.63) is 42.2 Å². The third-order valence-corrected chi connectivity index (χ3v) is 1.98. The molecule has 2 aromatic rings. The van der Waals surface area contributed by atoms with Crippen LogP contribution in [0.3, 0.4) is 0 Å². The zero-order chi connectivity index (χ0) is 11.5. The molecule has 0 fully saturated rings. The first-order valence-electron chi connectivity index (χ1n) is 4.44. The lowest BCUT2D eigenvalue weighted by molar-refractivity contribution is -0.131. The fourth-order valence-corrected chi connectivity index (χ4v) is 1.26. The quantitative estimate of drug-likeness (QED) is 0.598. The molecule has 0 aliphatic carbocycles. The minimum Gasteiger partial charge on any atom is -0.475 e. The van der Waals surface area contributed by atoms with Crippen molar-refractivity contribution in [2.45, 2.75) is 0 Å². The number of aromatic nitrogens is 3. The first-order chi connectivity index (χ1) is 7.70. The van der Waals surface area contributed by atoms with E-state index in [-0.39, 0.29) is 5.69 Å². The molecule has 0 bridgehead atoms. The normalized spacial score (nSPS) is 10.0. The summed E-state index contributed by atoms with van der Waals surface area (Å²) in [5.74, 6) is -2.56. The summed E-state index contributed by atoms with van der Waals surface area (Å²) in [6.45, 7) is 0. The van der Waals surface area contributed by atoms with Gasteiger partial charge < -0.3 is 5.11 Å². The minimum atomic E-state index is -1.53. The molecule has 0 amide bonds. The van der Waals surface area contributed by atoms with Gasteiger partial charge in [0.2, 0.25) is 0 Å². The van der Waals surface area contributed by atoms with Crippen molar-refractivity contribution >= 4 is 11.8 Å². The first-order valence-corrected chi connectivity index (χ1v) is 4.44. The molecule has 0 aliphatic rings. The lowest BCUT2D eigenvalue weighted by Gasteiger charge is -2.02. The van der Waals surface area contributed by atoms with Crippen molar-refractivity contribution in [2.75, 3.05) is 0 Å². The molecule has 2 rings (SSSR count). The van der Waals surface area contributed by atoms with Crippen molar-refractivity contribution < 1.29 is 14.7 Å². The van der Waals surface area contributed by atoms with Crippen LogP contribution in [0.5, 0.6) is 0 Å². The molecule has 0 saturated heterocycles. The van der Waals surface area contributed by atoms with Gasteiger partial charge in [-0.2, -0.15) is 0 Å². The van der Waals surface area contributed by atoms with Crippen LogP contribution in [0.25, 0.3) is 5.69 Å². The maximum absolute atomic E-state index is 11.3. The minimum absolute atomic E-state index is 0.0706. The number of carbonyl (C=O) groups is 2. The Bertz CT molecular complexity index is 533. The van der Waals surface area contributed by atoms with Crippen molar-refractivity contribution in [3.63, 3.8) is 0 Å². The third kappa shape index (κ3) is 1.68. The van der Waals surface area contributed by atoms with Crippen LogP contribution in [0.2, 0.25) is 0 Å². The standard InChI is InChI=1S/C10H7N3O3/c14-9(10(15)16)8-6-11-12-13(8)7-4-2-1-3-5-7/h1-6H,(H,15,16). The molecule has 0 unspecified atom stereocenters. The summed E-state index contributed by atoms with van der Waals surface area (Å²) in [6, 6.07) is 8.72. The Morgan fingerprint density at radius 3 is 2.50 bits per heavy atom. The van der Waals surface area contributed by atoms with E-state index in [2.05, 4.69) is 10.3 Å². The van der Waals surface area contributed by atoms with Gasteiger partial charge in [-0.3, -0.25) is 4.79 Å². The zero-order valence-corrected chi connectivity index (χ0v) is 8.07. The average molecular weight is 217 g/mol. The van der Waals surface area contributed by atoms with Gasteiger partial charge in [0.1, 0.15) is 5.69 Å². The first kappa shape index (κ1) is 10.0. The molecule has 0 atom stereocenters. The van der Waals surface area contributed by atoms with Crippen molar-refractivity contribution in [2.24, 2.45) is 0 Å². The van der Waals surface area contributed by atoms with Crippen LogP contribution < -0.4 is 0 Å². The average Bonchev–Trinajstić information content (AvgIpc) is 2.77. The Morgan fingerprint density at radius 1 is 1.19 bits per heavy atom. The Labute approximate surface area is 90.1 Å². The predicted octanol–water partition coefficient (Wildman–Crippen LogP) is 0.535. The van der Waals surface area contributed by atoms with Crippen LogP contribution in [-0.2, 0) is 4.79 Å². The molecule has 0 saturated carbocycles. The topological polar surface area (TPSA) is 85.1 Å². The third-order valence-electron chi connectivity index (χ3n) is 1.98. The lowest BCUT2D eigenvalue weighted by atomic mass is 10.2. The lowest BCUT2D eigenvalue weighted by Crippen LogP contribution is -2.17. The van der Waals surface area contributed by atoms with Gasteiger partial charge in [-0.05, 0) is 12.1 Å². The van der Waals surface area contributed by atoms with Crippen LogP contribution >= 0.6 is 0 Å². The summed E-state index contributed by atoms with van der Waals surface area (Å²) in [5.41, 5.74) is 0.517. The molecule has 1 heterocycles. The van der Waals surface area contributed by atoms with Gasteiger partial charge in [0, 0.05) is 0 Å². The second-order valence-corrected chi connectivity index (χ2v) is 3.00.